The first-order chi connectivity index (χ1) is 13.7. The Bertz CT molecular complexity index is 1120. The summed E-state index contributed by atoms with van der Waals surface area (Å²) in [4.78, 5) is 4.40. The van der Waals surface area contributed by atoms with Gasteiger partial charge in [0.05, 0.1) is 19.7 Å². The number of methoxy groups -OCH3 is 2. The van der Waals surface area contributed by atoms with Gasteiger partial charge in [-0.05, 0) is 35.9 Å². The third-order valence-electron chi connectivity index (χ3n) is 4.56. The number of aromatic nitrogens is 1. The molecule has 3 aromatic carbocycles. The zero-order valence-electron chi connectivity index (χ0n) is 15.7. The van der Waals surface area contributed by atoms with Gasteiger partial charge in [0.1, 0.15) is 11.5 Å². The molecule has 28 heavy (non-hydrogen) atoms. The molecule has 0 spiro atoms. The number of ether oxygens (including phenoxy) is 3. The van der Waals surface area contributed by atoms with Crippen molar-refractivity contribution in [3.05, 3.63) is 72.9 Å². The number of nitrogens with zero attached hydrogens (tertiary/aromatic N) is 1. The largest absolute Gasteiger partial charge is 0.493 e. The van der Waals surface area contributed by atoms with E-state index in [1.807, 2.05) is 66.7 Å². The molecular formula is C23H20N2O3. The van der Waals surface area contributed by atoms with E-state index >= 15 is 0 Å². The predicted octanol–water partition coefficient (Wildman–Crippen LogP) is 5.29. The topological polar surface area (TPSA) is 66.6 Å². The Morgan fingerprint density at radius 3 is 2.21 bits per heavy atom. The van der Waals surface area contributed by atoms with E-state index in [-0.39, 0.29) is 0 Å². The van der Waals surface area contributed by atoms with Crippen LogP contribution in [0.4, 0.5) is 5.69 Å². The van der Waals surface area contributed by atoms with Crippen molar-refractivity contribution in [2.24, 2.45) is 0 Å². The Kier molecular flexibility index (Phi) is 4.72. The molecule has 5 heteroatoms. The van der Waals surface area contributed by atoms with Crippen molar-refractivity contribution in [2.45, 2.75) is 0 Å². The second-order valence-electron chi connectivity index (χ2n) is 6.25. The average molecular weight is 372 g/mol. The fourth-order valence-corrected chi connectivity index (χ4v) is 3.13. The molecule has 0 amide bonds. The lowest BCUT2D eigenvalue weighted by atomic mass is 10.0. The van der Waals surface area contributed by atoms with Gasteiger partial charge in [-0.2, -0.15) is 0 Å². The first kappa shape index (κ1) is 17.7. The highest BCUT2D eigenvalue weighted by Crippen LogP contribution is 2.37. The first-order valence-electron chi connectivity index (χ1n) is 8.83. The van der Waals surface area contributed by atoms with Crippen LogP contribution in [0.2, 0.25) is 0 Å². The summed E-state index contributed by atoms with van der Waals surface area (Å²) in [6, 6.07) is 21.2. The smallest absolute Gasteiger partial charge is 0.162 e. The van der Waals surface area contributed by atoms with Gasteiger partial charge in [0, 0.05) is 28.9 Å². The highest BCUT2D eigenvalue weighted by Gasteiger charge is 2.11. The summed E-state index contributed by atoms with van der Waals surface area (Å²) in [6.07, 6.45) is 1.71. The van der Waals surface area contributed by atoms with Crippen LogP contribution >= 0.6 is 0 Å². The van der Waals surface area contributed by atoms with Crippen LogP contribution in [-0.2, 0) is 0 Å². The molecule has 0 saturated heterocycles. The Hall–Kier alpha value is -3.73. The van der Waals surface area contributed by atoms with Crippen molar-refractivity contribution in [3.8, 4) is 34.1 Å². The molecule has 0 fully saturated rings. The van der Waals surface area contributed by atoms with Crippen LogP contribution in [0.3, 0.4) is 0 Å². The quantitative estimate of drug-likeness (QED) is 0.482. The van der Waals surface area contributed by atoms with Crippen LogP contribution in [0.15, 0.2) is 72.9 Å². The van der Waals surface area contributed by atoms with Gasteiger partial charge in [0.25, 0.3) is 0 Å². The maximum absolute atomic E-state index is 6.12. The maximum atomic E-state index is 6.12. The molecular weight excluding hydrogens is 352 g/mol. The third-order valence-corrected chi connectivity index (χ3v) is 4.56. The van der Waals surface area contributed by atoms with E-state index in [1.165, 1.54) is 0 Å². The minimum absolute atomic E-state index is 0.628. The molecule has 5 nitrogen and oxygen atoms in total. The number of nitrogen functional groups attached to an aromatic ring is 1. The van der Waals surface area contributed by atoms with Gasteiger partial charge < -0.3 is 19.9 Å². The summed E-state index contributed by atoms with van der Waals surface area (Å²) in [5, 5.41) is 0.844. The van der Waals surface area contributed by atoms with Crippen LogP contribution in [0, 0.1) is 0 Å². The normalized spacial score (nSPS) is 10.6. The van der Waals surface area contributed by atoms with E-state index in [4.69, 9.17) is 19.9 Å². The van der Waals surface area contributed by atoms with Gasteiger partial charge in [-0.3, -0.25) is 4.98 Å². The van der Waals surface area contributed by atoms with Gasteiger partial charge in [0.2, 0.25) is 0 Å². The van der Waals surface area contributed by atoms with E-state index < -0.39 is 0 Å². The van der Waals surface area contributed by atoms with Crippen molar-refractivity contribution >= 4 is 16.6 Å². The number of anilines is 1. The summed E-state index contributed by atoms with van der Waals surface area (Å²) in [7, 11) is 3.21. The molecule has 0 unspecified atom stereocenters. The molecule has 140 valence electrons. The van der Waals surface area contributed by atoms with Crippen molar-refractivity contribution in [2.75, 3.05) is 20.0 Å². The molecule has 0 saturated carbocycles. The fraction of sp³-hybridized carbons (Fsp3) is 0.0870. The maximum Gasteiger partial charge on any atom is 0.162 e. The molecule has 2 N–H and O–H groups in total. The monoisotopic (exact) mass is 372 g/mol. The summed E-state index contributed by atoms with van der Waals surface area (Å²) in [5.74, 6) is 2.67. The first-order valence-corrected chi connectivity index (χ1v) is 8.83. The average Bonchev–Trinajstić information content (AvgIpc) is 2.74. The Balaban J connectivity index is 1.67. The molecule has 0 bridgehead atoms. The van der Waals surface area contributed by atoms with Crippen molar-refractivity contribution in [1.29, 1.82) is 0 Å². The number of nitrogens with two attached hydrogens (primary N) is 1. The van der Waals surface area contributed by atoms with Gasteiger partial charge in [-0.25, -0.2) is 0 Å². The molecule has 0 aliphatic heterocycles. The second-order valence-corrected chi connectivity index (χ2v) is 6.25. The standard InChI is InChI=1S/C23H20N2O3/c1-26-22-13-18-20(14-23(22)27-2)25-12-11-21(18)28-16-9-7-15(8-10-16)17-5-3-4-6-19(17)24/h3-14H,24H2,1-2H3. The number of fused-ring (bicyclic) bond motifs is 1. The van der Waals surface area contributed by atoms with Crippen molar-refractivity contribution in [3.63, 3.8) is 0 Å². The third kappa shape index (κ3) is 3.30. The van der Waals surface area contributed by atoms with E-state index in [1.54, 1.807) is 20.4 Å². The van der Waals surface area contributed by atoms with Crippen molar-refractivity contribution < 1.29 is 14.2 Å². The number of benzene rings is 3. The van der Waals surface area contributed by atoms with Crippen LogP contribution in [-0.4, -0.2) is 19.2 Å². The minimum Gasteiger partial charge on any atom is -0.493 e. The highest BCUT2D eigenvalue weighted by atomic mass is 16.5. The number of para-hydroxylation sites is 1. The minimum atomic E-state index is 0.628. The molecule has 0 radical (unpaired) electrons. The van der Waals surface area contributed by atoms with Gasteiger partial charge in [-0.1, -0.05) is 30.3 Å². The predicted molar refractivity (Wildman–Crippen MR) is 111 cm³/mol. The van der Waals surface area contributed by atoms with E-state index in [2.05, 4.69) is 4.98 Å². The van der Waals surface area contributed by atoms with Gasteiger partial charge in [0.15, 0.2) is 11.5 Å². The van der Waals surface area contributed by atoms with E-state index in [0.29, 0.717) is 17.2 Å². The summed E-state index contributed by atoms with van der Waals surface area (Å²) >= 11 is 0. The Labute approximate surface area is 163 Å². The zero-order valence-corrected chi connectivity index (χ0v) is 15.7. The number of rotatable bonds is 5. The highest BCUT2D eigenvalue weighted by molar-refractivity contribution is 5.88. The lowest BCUT2D eigenvalue weighted by Crippen LogP contribution is -1.93. The molecule has 4 rings (SSSR count). The van der Waals surface area contributed by atoms with Crippen LogP contribution < -0.4 is 19.9 Å². The lowest BCUT2D eigenvalue weighted by molar-refractivity contribution is 0.355. The van der Waals surface area contributed by atoms with Gasteiger partial charge >= 0.3 is 0 Å². The second kappa shape index (κ2) is 7.48. The van der Waals surface area contributed by atoms with E-state index in [9.17, 15) is 0 Å². The Morgan fingerprint density at radius 1 is 0.786 bits per heavy atom. The van der Waals surface area contributed by atoms with Crippen LogP contribution in [0.25, 0.3) is 22.0 Å². The molecule has 1 aromatic heterocycles. The number of hydrogen-bond donors (Lipinski definition) is 1. The number of hydrogen-bond acceptors (Lipinski definition) is 5. The summed E-state index contributed by atoms with van der Waals surface area (Å²) in [5.41, 5.74) is 9.62. The van der Waals surface area contributed by atoms with E-state index in [0.717, 1.165) is 33.5 Å². The van der Waals surface area contributed by atoms with Gasteiger partial charge in [-0.15, -0.1) is 0 Å². The fourth-order valence-electron chi connectivity index (χ4n) is 3.13. The summed E-state index contributed by atoms with van der Waals surface area (Å²) < 4.78 is 16.9. The van der Waals surface area contributed by atoms with Crippen LogP contribution in [0.1, 0.15) is 0 Å². The lowest BCUT2D eigenvalue weighted by Gasteiger charge is -2.13. The zero-order chi connectivity index (χ0) is 19.5. The molecule has 4 aromatic rings. The van der Waals surface area contributed by atoms with Crippen LogP contribution in [0.5, 0.6) is 23.0 Å². The SMILES string of the molecule is COc1cc2nccc(Oc3ccc(-c4ccccc4N)cc3)c2cc1OC. The molecule has 0 aliphatic carbocycles. The molecule has 1 heterocycles. The van der Waals surface area contributed by atoms with Crippen molar-refractivity contribution in [1.82, 2.24) is 4.98 Å². The Morgan fingerprint density at radius 2 is 1.50 bits per heavy atom. The number of pyridine rings is 1. The molecule has 0 aliphatic rings. The summed E-state index contributed by atoms with van der Waals surface area (Å²) in [6.45, 7) is 0. The molecule has 0 atom stereocenters.